The summed E-state index contributed by atoms with van der Waals surface area (Å²) in [6.07, 6.45) is 3.86. The topological polar surface area (TPSA) is 0 Å². The normalized spacial score (nSPS) is 11.5. The lowest BCUT2D eigenvalue weighted by Crippen LogP contribution is -1.90. The van der Waals surface area contributed by atoms with Crippen LogP contribution in [0.15, 0.2) is 91.5 Å². The zero-order valence-corrected chi connectivity index (χ0v) is 14.3. The van der Waals surface area contributed by atoms with Crippen molar-refractivity contribution < 1.29 is 0 Å². The van der Waals surface area contributed by atoms with Crippen LogP contribution in [0.1, 0.15) is 18.1 Å². The first-order chi connectivity index (χ1) is 11.6. The summed E-state index contributed by atoms with van der Waals surface area (Å²) in [5.74, 6) is 0. The lowest BCUT2D eigenvalue weighted by Gasteiger charge is -2.14. The molecule has 0 amide bonds. The molecule has 0 spiro atoms. The molecule has 0 radical (unpaired) electrons. The van der Waals surface area contributed by atoms with Gasteiger partial charge in [0.1, 0.15) is 0 Å². The van der Waals surface area contributed by atoms with E-state index in [9.17, 15) is 0 Å². The molecule has 0 saturated heterocycles. The minimum Gasteiger partial charge on any atom is -0.0990 e. The minimum atomic E-state index is 1.04. The fourth-order valence-corrected chi connectivity index (χ4v) is 3.10. The summed E-state index contributed by atoms with van der Waals surface area (Å²) >= 11 is 0. The molecule has 0 nitrogen and oxygen atoms in total. The molecule has 0 heteroatoms. The summed E-state index contributed by atoms with van der Waals surface area (Å²) in [6, 6.07) is 21.7. The van der Waals surface area contributed by atoms with Gasteiger partial charge in [-0.1, -0.05) is 97.1 Å². The molecule has 0 aliphatic heterocycles. The highest BCUT2D eigenvalue weighted by molar-refractivity contribution is 6.04. The van der Waals surface area contributed by atoms with Crippen LogP contribution in [0.3, 0.4) is 0 Å². The second-order valence-corrected chi connectivity index (χ2v) is 6.17. The van der Waals surface area contributed by atoms with E-state index in [1.807, 2.05) is 19.1 Å². The van der Waals surface area contributed by atoms with E-state index in [1.165, 1.54) is 33.0 Å². The van der Waals surface area contributed by atoms with Crippen LogP contribution in [0.5, 0.6) is 0 Å². The number of hydrogen-bond acceptors (Lipinski definition) is 0. The second-order valence-electron chi connectivity index (χ2n) is 6.17. The van der Waals surface area contributed by atoms with Gasteiger partial charge in [-0.25, -0.2) is 0 Å². The molecule has 0 unspecified atom stereocenters. The number of benzene rings is 3. The molecule has 24 heavy (non-hydrogen) atoms. The maximum absolute atomic E-state index is 4.13. The summed E-state index contributed by atoms with van der Waals surface area (Å²) in [6.45, 7) is 12.1. The van der Waals surface area contributed by atoms with Crippen LogP contribution in [0.25, 0.3) is 27.5 Å². The lowest BCUT2D eigenvalue weighted by molar-refractivity contribution is 1.47. The highest BCUT2D eigenvalue weighted by atomic mass is 14.1. The standard InChI is InChI=1S/C24H22/c1-5-8-20(17(2)3)24-16-15-21(19-13-11-18(4)12-14-19)22-9-6-7-10-23(22)24/h5-16H,1-2H2,3-4H3/b20-8+. The van der Waals surface area contributed by atoms with Crippen molar-refractivity contribution in [3.05, 3.63) is 103 Å². The predicted molar refractivity (Wildman–Crippen MR) is 107 cm³/mol. The predicted octanol–water partition coefficient (Wildman–Crippen LogP) is 6.96. The van der Waals surface area contributed by atoms with Gasteiger partial charge in [-0.2, -0.15) is 0 Å². The first-order valence-electron chi connectivity index (χ1n) is 8.19. The Balaban J connectivity index is 2.29. The van der Waals surface area contributed by atoms with Gasteiger partial charge in [0.2, 0.25) is 0 Å². The number of fused-ring (bicyclic) bond motifs is 1. The summed E-state index contributed by atoms with van der Waals surface area (Å²) in [4.78, 5) is 0. The van der Waals surface area contributed by atoms with E-state index in [2.05, 4.69) is 80.7 Å². The van der Waals surface area contributed by atoms with Crippen LogP contribution < -0.4 is 0 Å². The van der Waals surface area contributed by atoms with Crippen molar-refractivity contribution in [3.8, 4) is 11.1 Å². The number of allylic oxidation sites excluding steroid dienone is 4. The van der Waals surface area contributed by atoms with Crippen molar-refractivity contribution in [1.82, 2.24) is 0 Å². The van der Waals surface area contributed by atoms with Crippen molar-refractivity contribution in [2.75, 3.05) is 0 Å². The van der Waals surface area contributed by atoms with E-state index in [4.69, 9.17) is 0 Å². The Hall–Kier alpha value is -2.86. The van der Waals surface area contributed by atoms with Gasteiger partial charge in [0.15, 0.2) is 0 Å². The van der Waals surface area contributed by atoms with E-state index in [0.717, 1.165) is 11.1 Å². The van der Waals surface area contributed by atoms with E-state index in [0.29, 0.717) is 0 Å². The molecule has 0 fully saturated rings. The van der Waals surface area contributed by atoms with E-state index in [1.54, 1.807) is 0 Å². The summed E-state index contributed by atoms with van der Waals surface area (Å²) in [5.41, 5.74) is 7.16. The van der Waals surface area contributed by atoms with Crippen molar-refractivity contribution in [2.24, 2.45) is 0 Å². The highest BCUT2D eigenvalue weighted by Crippen LogP contribution is 2.35. The first-order valence-corrected chi connectivity index (χ1v) is 8.19. The fourth-order valence-electron chi connectivity index (χ4n) is 3.10. The third-order valence-electron chi connectivity index (χ3n) is 4.32. The molecule has 0 aliphatic carbocycles. The molecule has 0 aromatic heterocycles. The Morgan fingerprint density at radius 2 is 1.54 bits per heavy atom. The van der Waals surface area contributed by atoms with Gasteiger partial charge in [-0.05, 0) is 46.9 Å². The molecule has 0 atom stereocenters. The van der Waals surface area contributed by atoms with Crippen LogP contribution in [0, 0.1) is 6.92 Å². The third kappa shape index (κ3) is 2.96. The monoisotopic (exact) mass is 310 g/mol. The molecular formula is C24H22. The Labute approximate surface area is 144 Å². The summed E-state index contributed by atoms with van der Waals surface area (Å²) in [7, 11) is 0. The second kappa shape index (κ2) is 6.72. The maximum atomic E-state index is 4.13. The zero-order valence-electron chi connectivity index (χ0n) is 14.3. The molecule has 0 N–H and O–H groups in total. The SMILES string of the molecule is C=C/C=C(\C(=C)C)c1ccc(-c2ccc(C)cc2)c2ccccc12. The molecular weight excluding hydrogens is 288 g/mol. The molecule has 3 rings (SSSR count). The largest absolute Gasteiger partial charge is 0.0990 e. The summed E-state index contributed by atoms with van der Waals surface area (Å²) < 4.78 is 0. The van der Waals surface area contributed by atoms with Crippen LogP contribution in [-0.4, -0.2) is 0 Å². The van der Waals surface area contributed by atoms with Gasteiger partial charge < -0.3 is 0 Å². The minimum absolute atomic E-state index is 1.04. The molecule has 0 heterocycles. The van der Waals surface area contributed by atoms with Crippen molar-refractivity contribution in [1.29, 1.82) is 0 Å². The van der Waals surface area contributed by atoms with Gasteiger partial charge in [-0.15, -0.1) is 0 Å². The van der Waals surface area contributed by atoms with Gasteiger partial charge in [-0.3, -0.25) is 0 Å². The molecule has 0 aliphatic rings. The zero-order chi connectivity index (χ0) is 17.1. The smallest absolute Gasteiger partial charge is 0.00991 e. The first kappa shape index (κ1) is 16.0. The van der Waals surface area contributed by atoms with Gasteiger partial charge in [0, 0.05) is 0 Å². The van der Waals surface area contributed by atoms with Crippen molar-refractivity contribution >= 4 is 16.3 Å². The quantitative estimate of drug-likeness (QED) is 0.457. The average molecular weight is 310 g/mol. The number of rotatable bonds is 4. The highest BCUT2D eigenvalue weighted by Gasteiger charge is 2.11. The van der Waals surface area contributed by atoms with Gasteiger partial charge >= 0.3 is 0 Å². The van der Waals surface area contributed by atoms with Crippen molar-refractivity contribution in [3.63, 3.8) is 0 Å². The van der Waals surface area contributed by atoms with E-state index >= 15 is 0 Å². The van der Waals surface area contributed by atoms with E-state index < -0.39 is 0 Å². The summed E-state index contributed by atoms with van der Waals surface area (Å²) in [5, 5.41) is 2.50. The fraction of sp³-hybridized carbons (Fsp3) is 0.0833. The molecule has 118 valence electrons. The molecule has 0 bridgehead atoms. The number of hydrogen-bond donors (Lipinski definition) is 0. The molecule has 0 saturated carbocycles. The Morgan fingerprint density at radius 1 is 0.875 bits per heavy atom. The lowest BCUT2D eigenvalue weighted by atomic mass is 9.90. The van der Waals surface area contributed by atoms with Crippen LogP contribution >= 0.6 is 0 Å². The number of aryl methyl sites for hydroxylation is 1. The Kier molecular flexibility index (Phi) is 4.48. The van der Waals surface area contributed by atoms with Crippen molar-refractivity contribution in [2.45, 2.75) is 13.8 Å². The molecule has 3 aromatic rings. The van der Waals surface area contributed by atoms with Crippen LogP contribution in [0.2, 0.25) is 0 Å². The maximum Gasteiger partial charge on any atom is -0.00991 e. The molecule has 3 aromatic carbocycles. The third-order valence-corrected chi connectivity index (χ3v) is 4.32. The van der Waals surface area contributed by atoms with Crippen LogP contribution in [0.4, 0.5) is 0 Å². The van der Waals surface area contributed by atoms with E-state index in [-0.39, 0.29) is 0 Å². The Morgan fingerprint density at radius 3 is 2.17 bits per heavy atom. The van der Waals surface area contributed by atoms with Crippen LogP contribution in [-0.2, 0) is 0 Å². The van der Waals surface area contributed by atoms with Gasteiger partial charge in [0.25, 0.3) is 0 Å². The average Bonchev–Trinajstić information content (AvgIpc) is 2.60. The Bertz CT molecular complexity index is 937. The van der Waals surface area contributed by atoms with Gasteiger partial charge in [0.05, 0.1) is 0 Å².